The molecule has 0 atom stereocenters. The quantitative estimate of drug-likeness (QED) is 0.681. The molecule has 0 radical (unpaired) electrons. The number of carbonyl (C=O) groups excluding carboxylic acids is 1. The highest BCUT2D eigenvalue weighted by atomic mass is 35.5. The minimum Gasteiger partial charge on any atom is -0.454 e. The van der Waals surface area contributed by atoms with Gasteiger partial charge in [-0.15, -0.1) is 0 Å². The Morgan fingerprint density at radius 2 is 1.93 bits per heavy atom. The van der Waals surface area contributed by atoms with Gasteiger partial charge in [0.1, 0.15) is 5.82 Å². The van der Waals surface area contributed by atoms with E-state index in [1.54, 1.807) is 30.5 Å². The molecule has 0 aliphatic carbocycles. The van der Waals surface area contributed by atoms with Crippen LogP contribution >= 0.6 is 11.6 Å². The first-order valence-electron chi connectivity index (χ1n) is 8.29. The van der Waals surface area contributed by atoms with Crippen molar-refractivity contribution in [2.75, 3.05) is 17.4 Å². The second-order valence-corrected chi connectivity index (χ2v) is 6.47. The number of fused-ring (bicyclic) bond motifs is 1. The van der Waals surface area contributed by atoms with Crippen LogP contribution in [-0.2, 0) is 0 Å². The van der Waals surface area contributed by atoms with Gasteiger partial charge in [0.2, 0.25) is 6.79 Å². The van der Waals surface area contributed by atoms with Crippen molar-refractivity contribution in [3.8, 4) is 11.5 Å². The van der Waals surface area contributed by atoms with Crippen LogP contribution in [0.3, 0.4) is 0 Å². The zero-order chi connectivity index (χ0) is 18.8. The van der Waals surface area contributed by atoms with Gasteiger partial charge in [-0.2, -0.15) is 0 Å². The summed E-state index contributed by atoms with van der Waals surface area (Å²) in [6, 6.07) is 14.2. The minimum atomic E-state index is -0.239. The fourth-order valence-corrected chi connectivity index (χ4v) is 2.86. The van der Waals surface area contributed by atoms with Gasteiger partial charge in [0, 0.05) is 34.2 Å². The second-order valence-electron chi connectivity index (χ2n) is 6.04. The van der Waals surface area contributed by atoms with Gasteiger partial charge in [0.25, 0.3) is 5.91 Å². The number of hydrogen-bond donors (Lipinski definition) is 2. The maximum atomic E-state index is 12.6. The molecule has 3 aromatic rings. The summed E-state index contributed by atoms with van der Waals surface area (Å²) in [5.74, 6) is 1.68. The van der Waals surface area contributed by atoms with Crippen LogP contribution in [0.2, 0.25) is 5.02 Å². The van der Waals surface area contributed by atoms with E-state index in [1.165, 1.54) is 0 Å². The van der Waals surface area contributed by atoms with Gasteiger partial charge >= 0.3 is 0 Å². The van der Waals surface area contributed by atoms with Gasteiger partial charge in [0.05, 0.1) is 0 Å². The molecule has 0 bridgehead atoms. The van der Waals surface area contributed by atoms with Crippen molar-refractivity contribution < 1.29 is 14.3 Å². The number of benzene rings is 2. The van der Waals surface area contributed by atoms with Crippen LogP contribution in [0, 0.1) is 6.92 Å². The highest BCUT2D eigenvalue weighted by Gasteiger charge is 2.14. The number of aryl methyl sites for hydroxylation is 1. The van der Waals surface area contributed by atoms with E-state index in [4.69, 9.17) is 21.1 Å². The largest absolute Gasteiger partial charge is 0.454 e. The normalized spacial score (nSPS) is 11.9. The van der Waals surface area contributed by atoms with E-state index in [-0.39, 0.29) is 12.7 Å². The predicted octanol–water partition coefficient (Wildman–Crippen LogP) is 4.77. The van der Waals surface area contributed by atoms with Crippen molar-refractivity contribution in [1.82, 2.24) is 4.98 Å². The number of amides is 1. The Kier molecular flexibility index (Phi) is 4.56. The molecule has 0 unspecified atom stereocenters. The molecule has 136 valence electrons. The average molecular weight is 382 g/mol. The van der Waals surface area contributed by atoms with Crippen LogP contribution < -0.4 is 20.1 Å². The summed E-state index contributed by atoms with van der Waals surface area (Å²) in [5, 5.41) is 6.61. The Morgan fingerprint density at radius 1 is 1.07 bits per heavy atom. The van der Waals surface area contributed by atoms with Crippen LogP contribution in [0.15, 0.2) is 54.7 Å². The molecule has 1 aliphatic rings. The Bertz CT molecular complexity index is 1020. The maximum Gasteiger partial charge on any atom is 0.255 e. The van der Waals surface area contributed by atoms with Gasteiger partial charge in [-0.3, -0.25) is 4.79 Å². The van der Waals surface area contributed by atoms with E-state index in [1.807, 2.05) is 31.2 Å². The summed E-state index contributed by atoms with van der Waals surface area (Å²) in [6.45, 7) is 2.13. The minimum absolute atomic E-state index is 0.218. The number of nitrogens with one attached hydrogen (secondary N) is 2. The molecule has 1 aliphatic heterocycles. The number of anilines is 3. The molecular weight excluding hydrogens is 366 g/mol. The van der Waals surface area contributed by atoms with Crippen molar-refractivity contribution in [3.63, 3.8) is 0 Å². The standard InChI is InChI=1S/C20H16ClN3O3/c1-12-2-3-14(21)9-16(12)24-20(25)13-6-7-22-19(8-13)23-15-4-5-17-18(10-15)27-11-26-17/h2-10H,11H2,1H3,(H,22,23)(H,24,25). The van der Waals surface area contributed by atoms with Crippen molar-refractivity contribution in [3.05, 3.63) is 70.9 Å². The SMILES string of the molecule is Cc1ccc(Cl)cc1NC(=O)c1ccnc(Nc2ccc3c(c2)OCO3)c1. The van der Waals surface area contributed by atoms with Crippen LogP contribution in [0.1, 0.15) is 15.9 Å². The highest BCUT2D eigenvalue weighted by molar-refractivity contribution is 6.31. The lowest BCUT2D eigenvalue weighted by Gasteiger charge is -2.10. The van der Waals surface area contributed by atoms with E-state index < -0.39 is 0 Å². The topological polar surface area (TPSA) is 72.5 Å². The molecule has 4 rings (SSSR count). The summed E-state index contributed by atoms with van der Waals surface area (Å²) in [6.07, 6.45) is 1.58. The van der Waals surface area contributed by atoms with Gasteiger partial charge in [-0.25, -0.2) is 4.98 Å². The molecule has 1 aromatic heterocycles. The van der Waals surface area contributed by atoms with Crippen molar-refractivity contribution >= 4 is 34.7 Å². The third-order valence-corrected chi connectivity index (χ3v) is 4.35. The van der Waals surface area contributed by atoms with E-state index in [9.17, 15) is 4.79 Å². The molecule has 2 aromatic carbocycles. The Labute approximate surface area is 161 Å². The lowest BCUT2D eigenvalue weighted by Crippen LogP contribution is -2.13. The number of halogens is 1. The summed E-state index contributed by atoms with van der Waals surface area (Å²) in [7, 11) is 0. The number of aromatic nitrogens is 1. The molecule has 7 heteroatoms. The zero-order valence-electron chi connectivity index (χ0n) is 14.5. The van der Waals surface area contributed by atoms with Crippen LogP contribution in [0.25, 0.3) is 0 Å². The molecule has 0 fully saturated rings. The van der Waals surface area contributed by atoms with Crippen LogP contribution in [-0.4, -0.2) is 17.7 Å². The fraction of sp³-hybridized carbons (Fsp3) is 0.100. The van der Waals surface area contributed by atoms with E-state index in [2.05, 4.69) is 15.6 Å². The molecule has 27 heavy (non-hydrogen) atoms. The first-order chi connectivity index (χ1) is 13.1. The molecular formula is C20H16ClN3O3. The number of carbonyl (C=O) groups is 1. The van der Waals surface area contributed by atoms with Crippen LogP contribution in [0.5, 0.6) is 11.5 Å². The first-order valence-corrected chi connectivity index (χ1v) is 8.66. The maximum absolute atomic E-state index is 12.6. The third kappa shape index (κ3) is 3.80. The fourth-order valence-electron chi connectivity index (χ4n) is 2.69. The van der Waals surface area contributed by atoms with E-state index in [0.29, 0.717) is 33.6 Å². The number of nitrogens with zero attached hydrogens (tertiary/aromatic N) is 1. The Balaban J connectivity index is 1.52. The lowest BCUT2D eigenvalue weighted by atomic mass is 10.2. The van der Waals surface area contributed by atoms with Crippen molar-refractivity contribution in [2.45, 2.75) is 6.92 Å². The monoisotopic (exact) mass is 381 g/mol. The molecule has 1 amide bonds. The summed E-state index contributed by atoms with van der Waals surface area (Å²) in [5.41, 5.74) is 2.87. The summed E-state index contributed by atoms with van der Waals surface area (Å²) in [4.78, 5) is 16.9. The van der Waals surface area contributed by atoms with Gasteiger partial charge < -0.3 is 20.1 Å². The highest BCUT2D eigenvalue weighted by Crippen LogP contribution is 2.35. The van der Waals surface area contributed by atoms with Gasteiger partial charge in [-0.05, 0) is 48.9 Å². The second kappa shape index (κ2) is 7.17. The third-order valence-electron chi connectivity index (χ3n) is 4.11. The molecule has 6 nitrogen and oxygen atoms in total. The smallest absolute Gasteiger partial charge is 0.255 e. The Morgan fingerprint density at radius 3 is 2.81 bits per heavy atom. The molecule has 0 saturated heterocycles. The molecule has 0 spiro atoms. The number of rotatable bonds is 4. The predicted molar refractivity (Wildman–Crippen MR) is 104 cm³/mol. The molecule has 2 N–H and O–H groups in total. The lowest BCUT2D eigenvalue weighted by molar-refractivity contribution is 0.102. The van der Waals surface area contributed by atoms with E-state index in [0.717, 1.165) is 11.3 Å². The Hall–Kier alpha value is -3.25. The van der Waals surface area contributed by atoms with E-state index >= 15 is 0 Å². The summed E-state index contributed by atoms with van der Waals surface area (Å²) < 4.78 is 10.7. The van der Waals surface area contributed by atoms with Gasteiger partial charge in [-0.1, -0.05) is 17.7 Å². The average Bonchev–Trinajstić information content (AvgIpc) is 3.13. The molecule has 0 saturated carbocycles. The number of hydrogen-bond acceptors (Lipinski definition) is 5. The zero-order valence-corrected chi connectivity index (χ0v) is 15.2. The number of ether oxygens (including phenoxy) is 2. The van der Waals surface area contributed by atoms with Crippen molar-refractivity contribution in [2.24, 2.45) is 0 Å². The van der Waals surface area contributed by atoms with Crippen LogP contribution in [0.4, 0.5) is 17.2 Å². The summed E-state index contributed by atoms with van der Waals surface area (Å²) >= 11 is 6.01. The molecule has 2 heterocycles. The van der Waals surface area contributed by atoms with Crippen molar-refractivity contribution in [1.29, 1.82) is 0 Å². The number of pyridine rings is 1. The first kappa shape index (κ1) is 17.2. The van der Waals surface area contributed by atoms with Gasteiger partial charge in [0.15, 0.2) is 11.5 Å².